The van der Waals surface area contributed by atoms with Crippen LogP contribution in [0.25, 0.3) is 0 Å². The van der Waals surface area contributed by atoms with Crippen molar-refractivity contribution >= 4 is 35.8 Å². The largest absolute Gasteiger partial charge is 0.497 e. The average Bonchev–Trinajstić information content (AvgIpc) is 3.22. The van der Waals surface area contributed by atoms with Gasteiger partial charge in [0.2, 0.25) is 5.91 Å². The van der Waals surface area contributed by atoms with Gasteiger partial charge in [-0.15, -0.1) is 24.0 Å². The molecular weight excluding hydrogens is 509 g/mol. The van der Waals surface area contributed by atoms with E-state index in [1.807, 2.05) is 39.2 Å². The van der Waals surface area contributed by atoms with Crippen LogP contribution in [-0.4, -0.2) is 82.2 Å². The van der Waals surface area contributed by atoms with E-state index in [0.29, 0.717) is 6.54 Å². The highest BCUT2D eigenvalue weighted by atomic mass is 127. The van der Waals surface area contributed by atoms with Crippen LogP contribution in [0.4, 0.5) is 0 Å². The second kappa shape index (κ2) is 14.3. The van der Waals surface area contributed by atoms with Crippen LogP contribution in [0.15, 0.2) is 23.2 Å². The fraction of sp³-hybridized carbons (Fsp3) is 0.636. The molecule has 1 amide bonds. The first-order valence-electron chi connectivity index (χ1n) is 10.7. The Balaban J connectivity index is 0.00000480. The Labute approximate surface area is 203 Å². The van der Waals surface area contributed by atoms with E-state index in [9.17, 15) is 4.79 Å². The number of hydrogen-bond donors (Lipinski definition) is 2. The minimum atomic E-state index is 0. The number of methoxy groups -OCH3 is 2. The zero-order valence-corrected chi connectivity index (χ0v) is 21.8. The molecule has 2 N–H and O–H groups in total. The molecule has 31 heavy (non-hydrogen) atoms. The van der Waals surface area contributed by atoms with Gasteiger partial charge in [0.15, 0.2) is 5.96 Å². The maximum Gasteiger partial charge on any atom is 0.239 e. The molecule has 8 nitrogen and oxygen atoms in total. The van der Waals surface area contributed by atoms with Crippen molar-refractivity contribution in [3.63, 3.8) is 0 Å². The van der Waals surface area contributed by atoms with Gasteiger partial charge in [-0.1, -0.05) is 0 Å². The van der Waals surface area contributed by atoms with Crippen LogP contribution in [0, 0.1) is 0 Å². The Bertz CT molecular complexity index is 714. The molecule has 1 fully saturated rings. The van der Waals surface area contributed by atoms with Crippen molar-refractivity contribution in [2.45, 2.75) is 38.8 Å². The molecule has 176 valence electrons. The minimum absolute atomic E-state index is 0. The molecule has 1 atom stereocenters. The third-order valence-electron chi connectivity index (χ3n) is 5.25. The summed E-state index contributed by atoms with van der Waals surface area (Å²) in [6.45, 7) is 6.04. The minimum Gasteiger partial charge on any atom is -0.497 e. The van der Waals surface area contributed by atoms with Crippen molar-refractivity contribution in [1.82, 2.24) is 20.4 Å². The van der Waals surface area contributed by atoms with Gasteiger partial charge in [0.1, 0.15) is 11.5 Å². The molecule has 1 saturated heterocycles. The molecule has 0 spiro atoms. The zero-order chi connectivity index (χ0) is 21.9. The molecule has 1 aromatic rings. The number of guanidine groups is 1. The van der Waals surface area contributed by atoms with Gasteiger partial charge in [0.05, 0.1) is 26.8 Å². The van der Waals surface area contributed by atoms with Crippen molar-refractivity contribution in [3.05, 3.63) is 23.8 Å². The average molecular weight is 547 g/mol. The molecule has 1 heterocycles. The highest BCUT2D eigenvalue weighted by molar-refractivity contribution is 14.0. The monoisotopic (exact) mass is 547 g/mol. The van der Waals surface area contributed by atoms with Crippen LogP contribution in [0.3, 0.4) is 0 Å². The van der Waals surface area contributed by atoms with Gasteiger partial charge < -0.3 is 25.0 Å². The summed E-state index contributed by atoms with van der Waals surface area (Å²) in [5.74, 6) is 2.51. The van der Waals surface area contributed by atoms with Crippen LogP contribution >= 0.6 is 24.0 Å². The summed E-state index contributed by atoms with van der Waals surface area (Å²) in [7, 11) is 6.95. The fourth-order valence-corrected chi connectivity index (χ4v) is 3.65. The highest BCUT2D eigenvalue weighted by Gasteiger charge is 2.30. The number of likely N-dealkylation sites (N-methyl/N-ethyl adjacent to an activating group) is 1. The lowest BCUT2D eigenvalue weighted by molar-refractivity contribution is -0.133. The second-order valence-corrected chi connectivity index (χ2v) is 7.58. The van der Waals surface area contributed by atoms with E-state index < -0.39 is 0 Å². The van der Waals surface area contributed by atoms with E-state index in [0.717, 1.165) is 68.5 Å². The van der Waals surface area contributed by atoms with E-state index in [1.54, 1.807) is 19.1 Å². The first kappa shape index (κ1) is 27.3. The number of carbonyl (C=O) groups is 1. The molecule has 1 unspecified atom stereocenters. The van der Waals surface area contributed by atoms with Gasteiger partial charge in [-0.3, -0.25) is 9.69 Å². The summed E-state index contributed by atoms with van der Waals surface area (Å²) in [6, 6.07) is 5.78. The third-order valence-corrected chi connectivity index (χ3v) is 5.25. The quantitative estimate of drug-likeness (QED) is 0.203. The summed E-state index contributed by atoms with van der Waals surface area (Å²) in [5, 5.41) is 6.68. The molecule has 0 bridgehead atoms. The summed E-state index contributed by atoms with van der Waals surface area (Å²) >= 11 is 0. The summed E-state index contributed by atoms with van der Waals surface area (Å²) in [5.41, 5.74) is 0.998. The molecule has 0 radical (unpaired) electrons. The summed E-state index contributed by atoms with van der Waals surface area (Å²) < 4.78 is 10.7. The lowest BCUT2D eigenvalue weighted by atomic mass is 10.2. The molecule has 2 rings (SSSR count). The predicted octanol–water partition coefficient (Wildman–Crippen LogP) is 2.32. The number of nitrogens with zero attached hydrogens (tertiary/aromatic N) is 3. The Morgan fingerprint density at radius 2 is 2.03 bits per heavy atom. The Hall–Kier alpha value is -1.75. The number of aliphatic imine (C=N–C) groups is 1. The number of rotatable bonds is 10. The topological polar surface area (TPSA) is 78.4 Å². The molecule has 1 aliphatic heterocycles. The number of halogens is 1. The molecule has 1 aliphatic rings. The van der Waals surface area contributed by atoms with Crippen molar-refractivity contribution < 1.29 is 14.3 Å². The van der Waals surface area contributed by atoms with E-state index in [1.165, 1.54) is 0 Å². The molecule has 9 heteroatoms. The van der Waals surface area contributed by atoms with Gasteiger partial charge in [-0.05, 0) is 44.9 Å². The van der Waals surface area contributed by atoms with Crippen molar-refractivity contribution in [3.8, 4) is 11.5 Å². The Morgan fingerprint density at radius 3 is 2.68 bits per heavy atom. The van der Waals surface area contributed by atoms with Gasteiger partial charge in [0.25, 0.3) is 0 Å². The van der Waals surface area contributed by atoms with Crippen LogP contribution in [0.5, 0.6) is 11.5 Å². The highest BCUT2D eigenvalue weighted by Crippen LogP contribution is 2.25. The lowest BCUT2D eigenvalue weighted by Crippen LogP contribution is -2.44. The van der Waals surface area contributed by atoms with Crippen LogP contribution in [0.2, 0.25) is 0 Å². The molecule has 0 aliphatic carbocycles. The Morgan fingerprint density at radius 1 is 1.26 bits per heavy atom. The fourth-order valence-electron chi connectivity index (χ4n) is 3.65. The van der Waals surface area contributed by atoms with E-state index in [-0.39, 0.29) is 35.9 Å². The number of likely N-dealkylation sites (tertiary alicyclic amines) is 1. The van der Waals surface area contributed by atoms with Crippen molar-refractivity contribution in [1.29, 1.82) is 0 Å². The van der Waals surface area contributed by atoms with Crippen molar-refractivity contribution in [2.75, 3.05) is 54.5 Å². The van der Waals surface area contributed by atoms with Gasteiger partial charge >= 0.3 is 0 Å². The predicted molar refractivity (Wildman–Crippen MR) is 136 cm³/mol. The van der Waals surface area contributed by atoms with Crippen LogP contribution in [-0.2, 0) is 11.3 Å². The molecule has 0 saturated carbocycles. The SMILES string of the molecule is CCNC(=NCc1ccc(OC)cc1OC)NCCCN1CCCC1C(=O)N(C)C.I. The smallest absolute Gasteiger partial charge is 0.239 e. The summed E-state index contributed by atoms with van der Waals surface area (Å²) in [4.78, 5) is 21.0. The van der Waals surface area contributed by atoms with Crippen LogP contribution < -0.4 is 20.1 Å². The standard InChI is InChI=1S/C22H37N5O3.HI/c1-6-23-22(25-16-17-10-11-18(29-4)15-20(17)30-5)24-12-8-14-27-13-7-9-19(27)21(28)26(2)3;/h10-11,15,19H,6-9,12-14,16H2,1-5H3,(H2,23,24,25);1H. The lowest BCUT2D eigenvalue weighted by Gasteiger charge is -2.26. The summed E-state index contributed by atoms with van der Waals surface area (Å²) in [6.07, 6.45) is 3.00. The first-order valence-corrected chi connectivity index (χ1v) is 10.7. The number of hydrogen-bond acceptors (Lipinski definition) is 5. The van der Waals surface area contributed by atoms with Gasteiger partial charge in [0, 0.05) is 45.4 Å². The number of benzene rings is 1. The number of ether oxygens (including phenoxy) is 2. The van der Waals surface area contributed by atoms with Crippen LogP contribution in [0.1, 0.15) is 31.7 Å². The first-order chi connectivity index (χ1) is 14.5. The number of carbonyl (C=O) groups excluding carboxylic acids is 1. The second-order valence-electron chi connectivity index (χ2n) is 7.58. The molecule has 1 aromatic carbocycles. The van der Waals surface area contributed by atoms with Gasteiger partial charge in [-0.2, -0.15) is 0 Å². The van der Waals surface area contributed by atoms with E-state index in [2.05, 4.69) is 20.5 Å². The normalized spacial score (nSPS) is 16.4. The van der Waals surface area contributed by atoms with E-state index in [4.69, 9.17) is 9.47 Å². The maximum absolute atomic E-state index is 12.3. The van der Waals surface area contributed by atoms with E-state index >= 15 is 0 Å². The maximum atomic E-state index is 12.3. The zero-order valence-electron chi connectivity index (χ0n) is 19.4. The third kappa shape index (κ3) is 8.36. The number of nitrogens with one attached hydrogen (secondary N) is 2. The van der Waals surface area contributed by atoms with Gasteiger partial charge in [-0.25, -0.2) is 4.99 Å². The molecular formula is C22H38IN5O3. The molecule has 0 aromatic heterocycles. The number of amides is 1. The Kier molecular flexibility index (Phi) is 12.6. The van der Waals surface area contributed by atoms with Crippen molar-refractivity contribution in [2.24, 2.45) is 4.99 Å².